The van der Waals surface area contributed by atoms with Crippen molar-refractivity contribution in [1.29, 1.82) is 0 Å². The van der Waals surface area contributed by atoms with Crippen molar-refractivity contribution in [3.63, 3.8) is 0 Å². The Morgan fingerprint density at radius 1 is 1.24 bits per heavy atom. The van der Waals surface area contributed by atoms with Crippen LogP contribution in [-0.4, -0.2) is 25.7 Å². The second kappa shape index (κ2) is 6.47. The van der Waals surface area contributed by atoms with Crippen molar-refractivity contribution in [2.75, 3.05) is 0 Å². The molecule has 126 valence electrons. The summed E-state index contributed by atoms with van der Waals surface area (Å²) in [5.41, 5.74) is 3.61. The van der Waals surface area contributed by atoms with Gasteiger partial charge >= 0.3 is 0 Å². The van der Waals surface area contributed by atoms with Crippen LogP contribution < -0.4 is 5.32 Å². The number of nitrogens with zero attached hydrogens (tertiary/aromatic N) is 4. The molecule has 1 aromatic carbocycles. The third kappa shape index (κ3) is 3.15. The highest BCUT2D eigenvalue weighted by atomic mass is 16.1. The lowest BCUT2D eigenvalue weighted by molar-refractivity contribution is 0.0932. The van der Waals surface area contributed by atoms with Crippen LogP contribution in [0.25, 0.3) is 11.4 Å². The molecule has 0 saturated carbocycles. The summed E-state index contributed by atoms with van der Waals surface area (Å²) in [6.07, 6.45) is 7.96. The predicted octanol–water partition coefficient (Wildman–Crippen LogP) is 2.68. The number of aromatic nitrogens is 4. The molecule has 0 radical (unpaired) electrons. The van der Waals surface area contributed by atoms with Crippen molar-refractivity contribution in [3.05, 3.63) is 65.7 Å². The molecule has 2 aromatic heterocycles. The number of hydrogen-bond acceptors (Lipinski definition) is 4. The molecule has 0 unspecified atom stereocenters. The first kappa shape index (κ1) is 15.5. The molecule has 0 saturated heterocycles. The number of carbonyl (C=O) groups is 1. The van der Waals surface area contributed by atoms with Gasteiger partial charge in [-0.3, -0.25) is 9.48 Å². The van der Waals surface area contributed by atoms with E-state index in [2.05, 4.69) is 15.4 Å². The molecule has 0 spiro atoms. The number of benzene rings is 1. The summed E-state index contributed by atoms with van der Waals surface area (Å²) in [6, 6.07) is 9.90. The Hall–Kier alpha value is -3.02. The van der Waals surface area contributed by atoms with Crippen molar-refractivity contribution >= 4 is 5.91 Å². The van der Waals surface area contributed by atoms with Crippen molar-refractivity contribution in [2.24, 2.45) is 7.05 Å². The zero-order valence-corrected chi connectivity index (χ0v) is 14.0. The molecule has 1 amide bonds. The molecule has 25 heavy (non-hydrogen) atoms. The van der Waals surface area contributed by atoms with Crippen LogP contribution in [0.3, 0.4) is 0 Å². The quantitative estimate of drug-likeness (QED) is 0.800. The van der Waals surface area contributed by atoms with E-state index in [-0.39, 0.29) is 11.9 Å². The van der Waals surface area contributed by atoms with E-state index in [0.717, 1.165) is 41.9 Å². The lowest BCUT2D eigenvalue weighted by atomic mass is 9.92. The summed E-state index contributed by atoms with van der Waals surface area (Å²) in [4.78, 5) is 21.7. The van der Waals surface area contributed by atoms with E-state index in [4.69, 9.17) is 4.98 Å². The Morgan fingerprint density at radius 3 is 2.84 bits per heavy atom. The lowest BCUT2D eigenvalue weighted by Crippen LogP contribution is -2.31. The molecule has 6 heteroatoms. The minimum atomic E-state index is -0.113. The van der Waals surface area contributed by atoms with E-state index in [1.165, 1.54) is 0 Å². The van der Waals surface area contributed by atoms with Crippen LogP contribution in [0, 0.1) is 0 Å². The average molecular weight is 333 g/mol. The lowest BCUT2D eigenvalue weighted by Gasteiger charge is -2.25. The summed E-state index contributed by atoms with van der Waals surface area (Å²) in [6.45, 7) is 0. The maximum atomic E-state index is 12.4. The van der Waals surface area contributed by atoms with Gasteiger partial charge in [0.05, 0.1) is 17.8 Å². The van der Waals surface area contributed by atoms with Gasteiger partial charge in [-0.15, -0.1) is 0 Å². The van der Waals surface area contributed by atoms with Gasteiger partial charge in [-0.05, 0) is 19.3 Å². The molecule has 4 rings (SSSR count). The third-order valence-electron chi connectivity index (χ3n) is 4.49. The molecule has 3 aromatic rings. The van der Waals surface area contributed by atoms with Gasteiger partial charge in [0.1, 0.15) is 0 Å². The molecular formula is C19H19N5O. The molecule has 0 aliphatic heterocycles. The number of carbonyl (C=O) groups excluding carboxylic acids is 1. The first-order chi connectivity index (χ1) is 12.2. The van der Waals surface area contributed by atoms with Crippen LogP contribution in [-0.2, 0) is 13.5 Å². The molecular weight excluding hydrogens is 314 g/mol. The largest absolute Gasteiger partial charge is 0.345 e. The molecule has 1 aliphatic rings. The van der Waals surface area contributed by atoms with Gasteiger partial charge in [0.15, 0.2) is 5.82 Å². The van der Waals surface area contributed by atoms with Gasteiger partial charge < -0.3 is 5.32 Å². The Bertz CT molecular complexity index is 903. The number of hydrogen-bond donors (Lipinski definition) is 1. The smallest absolute Gasteiger partial charge is 0.254 e. The van der Waals surface area contributed by atoms with Gasteiger partial charge in [-0.1, -0.05) is 30.3 Å². The fourth-order valence-corrected chi connectivity index (χ4v) is 3.20. The zero-order valence-electron chi connectivity index (χ0n) is 14.0. The highest BCUT2D eigenvalue weighted by molar-refractivity contribution is 5.94. The van der Waals surface area contributed by atoms with Crippen molar-refractivity contribution in [3.8, 4) is 11.4 Å². The fourth-order valence-electron chi connectivity index (χ4n) is 3.20. The Morgan fingerprint density at radius 2 is 2.08 bits per heavy atom. The number of nitrogens with one attached hydrogen (secondary N) is 1. The van der Waals surface area contributed by atoms with Gasteiger partial charge in [-0.2, -0.15) is 5.10 Å². The summed E-state index contributed by atoms with van der Waals surface area (Å²) in [5.74, 6) is 0.622. The van der Waals surface area contributed by atoms with Crippen LogP contribution in [0.15, 0.2) is 48.9 Å². The SMILES string of the molecule is Cn1cc(C(=O)N[C@H]2CCCc3nc(-c4ccccc4)ncc32)cn1. The molecule has 0 bridgehead atoms. The van der Waals surface area contributed by atoms with Crippen molar-refractivity contribution in [2.45, 2.75) is 25.3 Å². The number of amides is 1. The van der Waals surface area contributed by atoms with Gasteiger partial charge in [0, 0.05) is 36.3 Å². The standard InChI is InChI=1S/C19H19N5O/c1-24-12-14(10-21-24)19(25)23-17-9-5-8-16-15(17)11-20-18(22-16)13-6-3-2-4-7-13/h2-4,6-7,10-12,17H,5,8-9H2,1H3,(H,23,25)/t17-/m0/s1. The average Bonchev–Trinajstić information content (AvgIpc) is 3.09. The second-order valence-electron chi connectivity index (χ2n) is 6.28. The Kier molecular flexibility index (Phi) is 4.01. The van der Waals surface area contributed by atoms with Crippen molar-refractivity contribution in [1.82, 2.24) is 25.1 Å². The summed E-state index contributed by atoms with van der Waals surface area (Å²) in [7, 11) is 1.80. The second-order valence-corrected chi connectivity index (χ2v) is 6.28. The van der Waals surface area contributed by atoms with E-state index < -0.39 is 0 Å². The third-order valence-corrected chi connectivity index (χ3v) is 4.49. The van der Waals surface area contributed by atoms with Crippen LogP contribution in [0.2, 0.25) is 0 Å². The van der Waals surface area contributed by atoms with E-state index in [9.17, 15) is 4.79 Å². The molecule has 1 atom stereocenters. The fraction of sp³-hybridized carbons (Fsp3) is 0.263. The Labute approximate surface area is 145 Å². The predicted molar refractivity (Wildman–Crippen MR) is 93.8 cm³/mol. The Balaban J connectivity index is 1.59. The molecule has 0 fully saturated rings. The molecule has 6 nitrogen and oxygen atoms in total. The van der Waals surface area contributed by atoms with Gasteiger partial charge in [0.25, 0.3) is 5.91 Å². The normalized spacial score (nSPS) is 16.3. The molecule has 2 heterocycles. The van der Waals surface area contributed by atoms with Crippen LogP contribution in [0.5, 0.6) is 0 Å². The van der Waals surface area contributed by atoms with E-state index in [0.29, 0.717) is 5.56 Å². The number of aryl methyl sites for hydroxylation is 2. The van der Waals surface area contributed by atoms with Crippen molar-refractivity contribution < 1.29 is 4.79 Å². The minimum absolute atomic E-state index is 0.0544. The summed E-state index contributed by atoms with van der Waals surface area (Å²) < 4.78 is 1.62. The maximum Gasteiger partial charge on any atom is 0.254 e. The highest BCUT2D eigenvalue weighted by Crippen LogP contribution is 2.29. The van der Waals surface area contributed by atoms with E-state index >= 15 is 0 Å². The zero-order chi connectivity index (χ0) is 17.2. The van der Waals surface area contributed by atoms with E-state index in [1.807, 2.05) is 36.5 Å². The summed E-state index contributed by atoms with van der Waals surface area (Å²) >= 11 is 0. The summed E-state index contributed by atoms with van der Waals surface area (Å²) in [5, 5.41) is 7.14. The van der Waals surface area contributed by atoms with Crippen LogP contribution >= 0.6 is 0 Å². The van der Waals surface area contributed by atoms with E-state index in [1.54, 1.807) is 24.1 Å². The maximum absolute atomic E-state index is 12.4. The molecule has 1 aliphatic carbocycles. The first-order valence-electron chi connectivity index (χ1n) is 8.41. The highest BCUT2D eigenvalue weighted by Gasteiger charge is 2.24. The van der Waals surface area contributed by atoms with Gasteiger partial charge in [-0.25, -0.2) is 9.97 Å². The van der Waals surface area contributed by atoms with Crippen LogP contribution in [0.4, 0.5) is 0 Å². The number of fused-ring (bicyclic) bond motifs is 1. The minimum Gasteiger partial charge on any atom is -0.345 e. The van der Waals surface area contributed by atoms with Gasteiger partial charge in [0.2, 0.25) is 0 Å². The number of rotatable bonds is 3. The monoisotopic (exact) mass is 333 g/mol. The first-order valence-corrected chi connectivity index (χ1v) is 8.41. The topological polar surface area (TPSA) is 72.7 Å². The van der Waals surface area contributed by atoms with Crippen LogP contribution in [0.1, 0.15) is 40.5 Å². The molecule has 1 N–H and O–H groups in total.